The van der Waals surface area contributed by atoms with Crippen LogP contribution in [0.25, 0.3) is 0 Å². The van der Waals surface area contributed by atoms with Crippen molar-refractivity contribution < 1.29 is 99.9 Å². The zero-order valence-electron chi connectivity index (χ0n) is 26.7. The minimum atomic E-state index is -2.03. The van der Waals surface area contributed by atoms with Gasteiger partial charge in [-0.3, -0.25) is 0 Å². The molecule has 3 aliphatic heterocycles. The van der Waals surface area contributed by atoms with Crippen molar-refractivity contribution in [1.29, 1.82) is 0 Å². The van der Waals surface area contributed by atoms with Crippen molar-refractivity contribution in [2.75, 3.05) is 26.4 Å². The highest BCUT2D eigenvalue weighted by atomic mass is 16.8. The number of aliphatic hydroxyl groups is 14. The van der Waals surface area contributed by atoms with Gasteiger partial charge in [-0.15, -0.1) is 0 Å². The lowest BCUT2D eigenvalue weighted by atomic mass is 9.86. The lowest BCUT2D eigenvalue weighted by Crippen LogP contribution is -2.67. The molecular weight excluding hydrogens is 656 g/mol. The first kappa shape index (κ1) is 41.6. The highest BCUT2D eigenvalue weighted by Gasteiger charge is 2.54. The quantitative estimate of drug-likeness (QED) is 0.0796. The Morgan fingerprint density at radius 3 is 1.40 bits per heavy atom. The summed E-state index contributed by atoms with van der Waals surface area (Å²) in [5, 5.41) is 144. The summed E-state index contributed by atoms with van der Waals surface area (Å²) in [6.45, 7) is 1.81. The summed E-state index contributed by atoms with van der Waals surface area (Å²) >= 11 is 0. The van der Waals surface area contributed by atoms with Crippen LogP contribution in [0.2, 0.25) is 0 Å². The summed E-state index contributed by atoms with van der Waals surface area (Å²) in [6, 6.07) is 0. The fourth-order valence-corrected chi connectivity index (χ4v) is 5.78. The Hall–Kier alpha value is -0.800. The van der Waals surface area contributed by atoms with E-state index in [2.05, 4.69) is 0 Å². The highest BCUT2D eigenvalue weighted by Crippen LogP contribution is 2.33. The van der Waals surface area contributed by atoms with Crippen LogP contribution in [-0.4, -0.2) is 214 Å². The topological polar surface area (TPSA) is 339 Å². The first-order chi connectivity index (χ1) is 22.4. The van der Waals surface area contributed by atoms with Crippen molar-refractivity contribution in [2.24, 2.45) is 5.41 Å². The van der Waals surface area contributed by atoms with Gasteiger partial charge in [0.1, 0.15) is 91.6 Å². The van der Waals surface area contributed by atoms with E-state index >= 15 is 0 Å². The number of rotatable bonds is 14. The van der Waals surface area contributed by atoms with E-state index in [4.69, 9.17) is 28.4 Å². The van der Waals surface area contributed by atoms with Crippen molar-refractivity contribution in [3.8, 4) is 0 Å². The second kappa shape index (κ2) is 17.6. The van der Waals surface area contributed by atoms with Gasteiger partial charge in [-0.2, -0.15) is 0 Å². The molecule has 20 nitrogen and oxygen atoms in total. The number of hydrogen-bond donors (Lipinski definition) is 14. The zero-order chi connectivity index (χ0) is 36.2. The van der Waals surface area contributed by atoms with E-state index in [1.165, 1.54) is 0 Å². The van der Waals surface area contributed by atoms with E-state index in [-0.39, 0.29) is 6.42 Å². The predicted molar refractivity (Wildman–Crippen MR) is 153 cm³/mol. The van der Waals surface area contributed by atoms with Crippen LogP contribution in [0.1, 0.15) is 27.2 Å². The molecule has 0 bridgehead atoms. The molecule has 0 amide bonds. The summed E-state index contributed by atoms with van der Waals surface area (Å²) in [6.07, 6.45) is -33.6. The third-order valence-corrected chi connectivity index (χ3v) is 8.48. The number of ether oxygens (including phenoxy) is 6. The molecule has 0 aliphatic carbocycles. The monoisotopic (exact) mass is 708 g/mol. The molecule has 3 heterocycles. The third kappa shape index (κ3) is 9.54. The van der Waals surface area contributed by atoms with Crippen molar-refractivity contribution in [3.05, 3.63) is 0 Å². The Bertz CT molecular complexity index is 951. The van der Waals surface area contributed by atoms with Crippen molar-refractivity contribution >= 4 is 0 Å². The maximum absolute atomic E-state index is 11.0. The van der Waals surface area contributed by atoms with Crippen LogP contribution >= 0.6 is 0 Å². The molecular formula is C28H52O20. The molecule has 48 heavy (non-hydrogen) atoms. The van der Waals surface area contributed by atoms with E-state index in [1.807, 2.05) is 0 Å². The van der Waals surface area contributed by atoms with Gasteiger partial charge in [0.2, 0.25) is 0 Å². The van der Waals surface area contributed by atoms with Crippen molar-refractivity contribution in [3.63, 3.8) is 0 Å². The lowest BCUT2D eigenvalue weighted by molar-refractivity contribution is -0.383. The van der Waals surface area contributed by atoms with Crippen molar-refractivity contribution in [1.82, 2.24) is 0 Å². The summed E-state index contributed by atoms with van der Waals surface area (Å²) in [4.78, 5) is 0. The van der Waals surface area contributed by atoms with Gasteiger partial charge >= 0.3 is 0 Å². The van der Waals surface area contributed by atoms with Crippen LogP contribution in [0.3, 0.4) is 0 Å². The normalized spacial score (nSPS) is 43.8. The van der Waals surface area contributed by atoms with Crippen LogP contribution < -0.4 is 0 Å². The molecule has 19 atom stereocenters. The second-order valence-electron chi connectivity index (χ2n) is 13.5. The Kier molecular flexibility index (Phi) is 15.3. The van der Waals surface area contributed by atoms with E-state index < -0.39 is 148 Å². The van der Waals surface area contributed by atoms with Crippen LogP contribution in [0, 0.1) is 5.41 Å². The average molecular weight is 709 g/mol. The highest BCUT2D eigenvalue weighted by molar-refractivity contribution is 4.97. The molecule has 3 aliphatic rings. The van der Waals surface area contributed by atoms with Gasteiger partial charge in [0.05, 0.1) is 32.5 Å². The predicted octanol–water partition coefficient (Wildman–Crippen LogP) is -7.67. The molecule has 20 heteroatoms. The zero-order valence-corrected chi connectivity index (χ0v) is 26.7. The molecule has 3 saturated heterocycles. The van der Waals surface area contributed by atoms with Gasteiger partial charge in [0.15, 0.2) is 18.9 Å². The maximum atomic E-state index is 11.0. The summed E-state index contributed by atoms with van der Waals surface area (Å²) in [5.74, 6) is 0. The number of aliphatic hydroxyl groups excluding tert-OH is 14. The molecule has 3 fully saturated rings. The molecule has 0 aromatic carbocycles. The van der Waals surface area contributed by atoms with Crippen LogP contribution in [0.4, 0.5) is 0 Å². The van der Waals surface area contributed by atoms with Crippen LogP contribution in [0.15, 0.2) is 0 Å². The van der Waals surface area contributed by atoms with Gasteiger partial charge in [0.25, 0.3) is 0 Å². The largest absolute Gasteiger partial charge is 0.394 e. The SMILES string of the molecule is CC(C)(C)C[C@H](O)[C@@H](O)[C@H](O[C@@H]1O[C@H](CO)[C@@H](O[C@@H]2O[C@H](CO)[C@@H](O[C@@H]3O[C@H](CO)[C@@H](O)[C@H](O)[C@H]3O)[C@H](O)[C@H]2O)[C@H](O)[C@H]1O)[C@H](O)CO. The second-order valence-corrected chi connectivity index (χ2v) is 13.5. The molecule has 0 unspecified atom stereocenters. The van der Waals surface area contributed by atoms with E-state index in [0.717, 1.165) is 0 Å². The molecule has 0 saturated carbocycles. The minimum Gasteiger partial charge on any atom is -0.394 e. The Morgan fingerprint density at radius 2 is 0.958 bits per heavy atom. The van der Waals surface area contributed by atoms with Gasteiger partial charge in [-0.05, 0) is 11.8 Å². The van der Waals surface area contributed by atoms with Crippen molar-refractivity contribution in [2.45, 2.75) is 144 Å². The molecule has 0 aromatic rings. The van der Waals surface area contributed by atoms with Gasteiger partial charge in [-0.1, -0.05) is 20.8 Å². The van der Waals surface area contributed by atoms with E-state index in [0.29, 0.717) is 0 Å². The smallest absolute Gasteiger partial charge is 0.187 e. The molecule has 284 valence electrons. The van der Waals surface area contributed by atoms with Crippen LogP contribution in [0.5, 0.6) is 0 Å². The fraction of sp³-hybridized carbons (Fsp3) is 1.00. The Morgan fingerprint density at radius 1 is 0.542 bits per heavy atom. The number of hydrogen-bond acceptors (Lipinski definition) is 20. The van der Waals surface area contributed by atoms with Gasteiger partial charge < -0.3 is 99.9 Å². The maximum Gasteiger partial charge on any atom is 0.187 e. The van der Waals surface area contributed by atoms with Gasteiger partial charge in [0, 0.05) is 0 Å². The Labute approximate surface area is 275 Å². The van der Waals surface area contributed by atoms with Gasteiger partial charge in [-0.25, -0.2) is 0 Å². The Balaban J connectivity index is 1.72. The molecule has 0 radical (unpaired) electrons. The molecule has 0 spiro atoms. The van der Waals surface area contributed by atoms with E-state index in [1.54, 1.807) is 20.8 Å². The first-order valence-corrected chi connectivity index (χ1v) is 15.6. The fourth-order valence-electron chi connectivity index (χ4n) is 5.78. The molecule has 3 rings (SSSR count). The molecule has 14 N–H and O–H groups in total. The minimum absolute atomic E-state index is 0.0386. The summed E-state index contributed by atoms with van der Waals surface area (Å²) in [7, 11) is 0. The third-order valence-electron chi connectivity index (χ3n) is 8.48. The average Bonchev–Trinajstić information content (AvgIpc) is 3.04. The first-order valence-electron chi connectivity index (χ1n) is 15.6. The lowest BCUT2D eigenvalue weighted by Gasteiger charge is -2.48. The molecule has 0 aromatic heterocycles. The van der Waals surface area contributed by atoms with Crippen LogP contribution in [-0.2, 0) is 28.4 Å². The summed E-state index contributed by atoms with van der Waals surface area (Å²) in [5.41, 5.74) is -0.473. The standard InChI is InChI=1S/C28H52O20/c1-28(2,3)4-9(33)14(35)22(10(34)5-29)46-26-20(41)17(38)24(12(7-31)44-26)48-27-21(42)18(39)23(13(8-32)45-27)47-25-19(40)16(37)15(36)11(6-30)43-25/h9-27,29-42H,4-8H2,1-3H3/t9-,10+,11+,12+,13+,14+,15+,16-,17+,18+,19+,20+,21+,22+,23+,24+,25-,26-,27-/m0/s1. The van der Waals surface area contributed by atoms with E-state index in [9.17, 15) is 71.5 Å². The summed E-state index contributed by atoms with van der Waals surface area (Å²) < 4.78 is 32.9.